The number of piperidine rings is 1. The van der Waals surface area contributed by atoms with Crippen LogP contribution in [-0.2, 0) is 4.74 Å². The smallest absolute Gasteiger partial charge is 0.410 e. The summed E-state index contributed by atoms with van der Waals surface area (Å²) in [7, 11) is 0. The number of nitrogens with zero attached hydrogens (tertiary/aromatic N) is 1. The maximum atomic E-state index is 12.2. The molecule has 1 aliphatic rings. The van der Waals surface area contributed by atoms with E-state index in [4.69, 9.17) is 4.74 Å². The molecule has 1 heterocycles. The molecule has 1 amide bonds. The number of hydrogen-bond donors (Lipinski definition) is 0. The van der Waals surface area contributed by atoms with Gasteiger partial charge in [0, 0.05) is 11.1 Å². The molecule has 17 heavy (non-hydrogen) atoms. The van der Waals surface area contributed by atoms with Crippen molar-refractivity contribution in [2.24, 2.45) is 0 Å². The van der Waals surface area contributed by atoms with Gasteiger partial charge in [-0.2, -0.15) is 0 Å². The van der Waals surface area contributed by atoms with Crippen molar-refractivity contribution in [3.05, 3.63) is 0 Å². The number of hydrogen-bond acceptors (Lipinski definition) is 2. The molecule has 0 aromatic rings. The molecule has 3 heteroatoms. The third-order valence-electron chi connectivity index (χ3n) is 3.69. The van der Waals surface area contributed by atoms with E-state index in [0.717, 1.165) is 25.7 Å². The van der Waals surface area contributed by atoms with E-state index in [2.05, 4.69) is 34.6 Å². The van der Waals surface area contributed by atoms with E-state index in [1.165, 1.54) is 6.42 Å². The molecule has 0 N–H and O–H groups in total. The minimum atomic E-state index is -0.145. The minimum absolute atomic E-state index is 0.0922. The average molecular weight is 241 g/mol. The number of unbranched alkanes of at least 4 members (excludes halogenated alkanes) is 1. The van der Waals surface area contributed by atoms with E-state index in [1.807, 2.05) is 4.90 Å². The normalized spacial score (nSPS) is 22.3. The van der Waals surface area contributed by atoms with E-state index in [0.29, 0.717) is 6.61 Å². The molecular weight excluding hydrogens is 214 g/mol. The van der Waals surface area contributed by atoms with E-state index in [-0.39, 0.29) is 17.2 Å². The van der Waals surface area contributed by atoms with Crippen LogP contribution in [0, 0.1) is 0 Å². The highest BCUT2D eigenvalue weighted by atomic mass is 16.6. The van der Waals surface area contributed by atoms with Gasteiger partial charge in [-0.05, 0) is 53.4 Å². The SMILES string of the molecule is CCCCOC(=O)N1C(C)(C)CCCC1(C)C. The summed E-state index contributed by atoms with van der Waals surface area (Å²) < 4.78 is 5.38. The largest absolute Gasteiger partial charge is 0.449 e. The second kappa shape index (κ2) is 5.28. The van der Waals surface area contributed by atoms with Crippen molar-refractivity contribution < 1.29 is 9.53 Å². The van der Waals surface area contributed by atoms with Gasteiger partial charge in [-0.3, -0.25) is 4.90 Å². The third kappa shape index (κ3) is 3.36. The summed E-state index contributed by atoms with van der Waals surface area (Å²) in [4.78, 5) is 14.2. The summed E-state index contributed by atoms with van der Waals surface area (Å²) in [5.74, 6) is 0. The van der Waals surface area contributed by atoms with Crippen molar-refractivity contribution >= 4 is 6.09 Å². The highest BCUT2D eigenvalue weighted by Crippen LogP contribution is 2.38. The monoisotopic (exact) mass is 241 g/mol. The molecule has 0 atom stereocenters. The molecule has 1 saturated heterocycles. The molecule has 0 unspecified atom stereocenters. The summed E-state index contributed by atoms with van der Waals surface area (Å²) in [6.07, 6.45) is 5.14. The molecule has 0 bridgehead atoms. The lowest BCUT2D eigenvalue weighted by atomic mass is 9.80. The predicted molar refractivity (Wildman–Crippen MR) is 70.1 cm³/mol. The first-order chi connectivity index (χ1) is 7.81. The van der Waals surface area contributed by atoms with Crippen LogP contribution in [0.5, 0.6) is 0 Å². The Labute approximate surface area is 106 Å². The van der Waals surface area contributed by atoms with Crippen molar-refractivity contribution in [1.29, 1.82) is 0 Å². The lowest BCUT2D eigenvalue weighted by molar-refractivity contribution is -0.0237. The number of amides is 1. The predicted octanol–water partition coefficient (Wildman–Crippen LogP) is 3.97. The van der Waals surface area contributed by atoms with Crippen LogP contribution in [0.1, 0.15) is 66.7 Å². The first-order valence-electron chi connectivity index (χ1n) is 6.78. The summed E-state index contributed by atoms with van der Waals surface area (Å²) in [6.45, 7) is 11.2. The van der Waals surface area contributed by atoms with Gasteiger partial charge >= 0.3 is 6.09 Å². The van der Waals surface area contributed by atoms with Gasteiger partial charge in [-0.15, -0.1) is 0 Å². The summed E-state index contributed by atoms with van der Waals surface area (Å²) in [5.41, 5.74) is -0.184. The highest BCUT2D eigenvalue weighted by Gasteiger charge is 2.44. The minimum Gasteiger partial charge on any atom is -0.449 e. The van der Waals surface area contributed by atoms with Gasteiger partial charge in [-0.25, -0.2) is 4.79 Å². The molecule has 1 rings (SSSR count). The Balaban J connectivity index is 2.72. The Morgan fingerprint density at radius 3 is 2.18 bits per heavy atom. The Kier molecular flexibility index (Phi) is 4.45. The van der Waals surface area contributed by atoms with Crippen molar-refractivity contribution in [3.8, 4) is 0 Å². The fraction of sp³-hybridized carbons (Fsp3) is 0.929. The standard InChI is InChI=1S/C14H27NO2/c1-6-7-11-17-12(16)15-13(2,3)9-8-10-14(15,4)5/h6-11H2,1-5H3. The zero-order chi connectivity index (χ0) is 13.1. The summed E-state index contributed by atoms with van der Waals surface area (Å²) >= 11 is 0. The van der Waals surface area contributed by atoms with Gasteiger partial charge in [0.15, 0.2) is 0 Å². The number of rotatable bonds is 3. The van der Waals surface area contributed by atoms with E-state index >= 15 is 0 Å². The Hall–Kier alpha value is -0.730. The van der Waals surface area contributed by atoms with Crippen molar-refractivity contribution in [3.63, 3.8) is 0 Å². The molecular formula is C14H27NO2. The van der Waals surface area contributed by atoms with Gasteiger partial charge in [0.25, 0.3) is 0 Å². The van der Waals surface area contributed by atoms with Crippen molar-refractivity contribution in [1.82, 2.24) is 4.90 Å². The quantitative estimate of drug-likeness (QED) is 0.700. The number of ether oxygens (including phenoxy) is 1. The zero-order valence-electron chi connectivity index (χ0n) is 12.0. The third-order valence-corrected chi connectivity index (χ3v) is 3.69. The Morgan fingerprint density at radius 2 is 1.71 bits per heavy atom. The molecule has 0 spiro atoms. The molecule has 0 aromatic carbocycles. The Morgan fingerprint density at radius 1 is 1.18 bits per heavy atom. The molecule has 1 fully saturated rings. The molecule has 0 saturated carbocycles. The fourth-order valence-electron chi connectivity index (χ4n) is 2.86. The lowest BCUT2D eigenvalue weighted by Crippen LogP contribution is -2.61. The summed E-state index contributed by atoms with van der Waals surface area (Å²) in [6, 6.07) is 0. The molecule has 3 nitrogen and oxygen atoms in total. The van der Waals surface area contributed by atoms with E-state index < -0.39 is 0 Å². The van der Waals surface area contributed by atoms with Crippen LogP contribution < -0.4 is 0 Å². The highest BCUT2D eigenvalue weighted by molar-refractivity contribution is 5.70. The van der Waals surface area contributed by atoms with Crippen LogP contribution in [0.15, 0.2) is 0 Å². The van der Waals surface area contributed by atoms with Crippen LogP contribution in [0.2, 0.25) is 0 Å². The molecule has 0 radical (unpaired) electrons. The Bertz CT molecular complexity index is 255. The first-order valence-corrected chi connectivity index (χ1v) is 6.78. The van der Waals surface area contributed by atoms with Gasteiger partial charge < -0.3 is 4.74 Å². The second-order valence-electron chi connectivity index (χ2n) is 6.28. The van der Waals surface area contributed by atoms with E-state index in [9.17, 15) is 4.79 Å². The van der Waals surface area contributed by atoms with Gasteiger partial charge in [0.2, 0.25) is 0 Å². The number of likely N-dealkylation sites (tertiary alicyclic amines) is 1. The molecule has 0 aliphatic carbocycles. The molecule has 100 valence electrons. The maximum absolute atomic E-state index is 12.2. The number of carbonyl (C=O) groups excluding carboxylic acids is 1. The fourth-order valence-corrected chi connectivity index (χ4v) is 2.86. The lowest BCUT2D eigenvalue weighted by Gasteiger charge is -2.51. The van der Waals surface area contributed by atoms with Crippen LogP contribution in [0.3, 0.4) is 0 Å². The van der Waals surface area contributed by atoms with Crippen LogP contribution in [-0.4, -0.2) is 28.7 Å². The van der Waals surface area contributed by atoms with Gasteiger partial charge in [0.1, 0.15) is 0 Å². The van der Waals surface area contributed by atoms with Crippen molar-refractivity contribution in [2.75, 3.05) is 6.61 Å². The topological polar surface area (TPSA) is 29.5 Å². The van der Waals surface area contributed by atoms with Crippen molar-refractivity contribution in [2.45, 2.75) is 77.8 Å². The second-order valence-corrected chi connectivity index (χ2v) is 6.28. The molecule has 0 aromatic heterocycles. The summed E-state index contributed by atoms with van der Waals surface area (Å²) in [5, 5.41) is 0. The molecule has 1 aliphatic heterocycles. The van der Waals surface area contributed by atoms with Gasteiger partial charge in [-0.1, -0.05) is 13.3 Å². The first kappa shape index (κ1) is 14.3. The van der Waals surface area contributed by atoms with Crippen LogP contribution >= 0.6 is 0 Å². The zero-order valence-corrected chi connectivity index (χ0v) is 12.0. The van der Waals surface area contributed by atoms with Crippen LogP contribution in [0.25, 0.3) is 0 Å². The maximum Gasteiger partial charge on any atom is 0.410 e. The van der Waals surface area contributed by atoms with Gasteiger partial charge in [0.05, 0.1) is 6.61 Å². The van der Waals surface area contributed by atoms with Crippen LogP contribution in [0.4, 0.5) is 4.79 Å². The van der Waals surface area contributed by atoms with E-state index in [1.54, 1.807) is 0 Å². The average Bonchev–Trinajstić information content (AvgIpc) is 2.14. The number of carbonyl (C=O) groups is 1.